The first-order valence-electron chi connectivity index (χ1n) is 3.97. The van der Waals surface area contributed by atoms with Gasteiger partial charge in [-0.15, -0.1) is 0 Å². The van der Waals surface area contributed by atoms with E-state index < -0.39 is 0 Å². The molecule has 0 radical (unpaired) electrons. The van der Waals surface area contributed by atoms with E-state index in [-0.39, 0.29) is 5.91 Å². The molecule has 0 unspecified atom stereocenters. The monoisotopic (exact) mass is 157 g/mol. The lowest BCUT2D eigenvalue weighted by Gasteiger charge is -2.35. The lowest BCUT2D eigenvalue weighted by molar-refractivity contribution is -0.151. The van der Waals surface area contributed by atoms with Crippen molar-refractivity contribution in [3.05, 3.63) is 0 Å². The number of nitrogens with two attached hydrogens (primary N) is 1. The molecule has 1 heterocycles. The van der Waals surface area contributed by atoms with Gasteiger partial charge in [-0.3, -0.25) is 9.80 Å². The summed E-state index contributed by atoms with van der Waals surface area (Å²) in [6.07, 6.45) is 1.64. The standard InChI is InChI=1S/C7H15N3O/c1-9-5-2-3-7(11)10(9)6-4-8/h2-6,8H2,1H3. The first-order chi connectivity index (χ1) is 5.25. The maximum absolute atomic E-state index is 11.2. The number of hydrazine groups is 1. The van der Waals surface area contributed by atoms with E-state index in [0.717, 1.165) is 13.0 Å². The zero-order valence-corrected chi connectivity index (χ0v) is 6.92. The molecule has 0 bridgehead atoms. The smallest absolute Gasteiger partial charge is 0.236 e. The van der Waals surface area contributed by atoms with Gasteiger partial charge in [-0.2, -0.15) is 0 Å². The molecule has 1 aliphatic rings. The van der Waals surface area contributed by atoms with Gasteiger partial charge in [-0.25, -0.2) is 5.01 Å². The summed E-state index contributed by atoms with van der Waals surface area (Å²) >= 11 is 0. The highest BCUT2D eigenvalue weighted by Crippen LogP contribution is 2.08. The maximum Gasteiger partial charge on any atom is 0.236 e. The van der Waals surface area contributed by atoms with Crippen LogP contribution in [0.15, 0.2) is 0 Å². The predicted octanol–water partition coefficient (Wildman–Crippen LogP) is -0.586. The van der Waals surface area contributed by atoms with Crippen LogP contribution in [-0.4, -0.2) is 42.6 Å². The fourth-order valence-corrected chi connectivity index (χ4v) is 1.32. The average molecular weight is 157 g/mol. The molecule has 0 atom stereocenters. The summed E-state index contributed by atoms with van der Waals surface area (Å²) in [6.45, 7) is 2.15. The van der Waals surface area contributed by atoms with Crippen molar-refractivity contribution < 1.29 is 4.79 Å². The van der Waals surface area contributed by atoms with Gasteiger partial charge in [-0.05, 0) is 6.42 Å². The van der Waals surface area contributed by atoms with Crippen LogP contribution in [0.4, 0.5) is 0 Å². The highest BCUT2D eigenvalue weighted by molar-refractivity contribution is 5.76. The molecule has 0 aromatic rings. The Morgan fingerprint density at radius 2 is 2.36 bits per heavy atom. The molecule has 1 amide bonds. The number of amides is 1. The summed E-state index contributed by atoms with van der Waals surface area (Å²) in [5.41, 5.74) is 5.36. The molecule has 0 aromatic carbocycles. The van der Waals surface area contributed by atoms with Crippen molar-refractivity contribution in [2.24, 2.45) is 5.73 Å². The van der Waals surface area contributed by atoms with Crippen molar-refractivity contribution in [3.63, 3.8) is 0 Å². The minimum absolute atomic E-state index is 0.198. The van der Waals surface area contributed by atoms with Crippen molar-refractivity contribution in [1.29, 1.82) is 0 Å². The van der Waals surface area contributed by atoms with Gasteiger partial charge in [0.2, 0.25) is 5.91 Å². The van der Waals surface area contributed by atoms with E-state index in [2.05, 4.69) is 0 Å². The zero-order valence-electron chi connectivity index (χ0n) is 6.92. The van der Waals surface area contributed by atoms with Gasteiger partial charge in [0.15, 0.2) is 0 Å². The van der Waals surface area contributed by atoms with E-state index in [0.29, 0.717) is 19.5 Å². The number of nitrogens with zero attached hydrogens (tertiary/aromatic N) is 2. The van der Waals surface area contributed by atoms with Crippen LogP contribution in [0.25, 0.3) is 0 Å². The Kier molecular flexibility index (Phi) is 2.84. The van der Waals surface area contributed by atoms with Gasteiger partial charge in [0.25, 0.3) is 0 Å². The van der Waals surface area contributed by atoms with Crippen LogP contribution in [0.1, 0.15) is 12.8 Å². The third-order valence-electron chi connectivity index (χ3n) is 1.91. The third kappa shape index (κ3) is 1.91. The number of carbonyl (C=O) groups excluding carboxylic acids is 1. The molecule has 1 rings (SSSR count). The molecular weight excluding hydrogens is 142 g/mol. The molecule has 0 aliphatic carbocycles. The largest absolute Gasteiger partial charge is 0.329 e. The van der Waals surface area contributed by atoms with Crippen molar-refractivity contribution in [2.45, 2.75) is 12.8 Å². The van der Waals surface area contributed by atoms with Crippen LogP contribution in [0.2, 0.25) is 0 Å². The molecule has 0 saturated carbocycles. The highest BCUT2D eigenvalue weighted by atomic mass is 16.2. The fourth-order valence-electron chi connectivity index (χ4n) is 1.32. The van der Waals surface area contributed by atoms with Crippen LogP contribution in [0, 0.1) is 0 Å². The Balaban J connectivity index is 2.48. The molecule has 0 spiro atoms. The second-order valence-electron chi connectivity index (χ2n) is 2.79. The summed E-state index contributed by atoms with van der Waals surface area (Å²) in [4.78, 5) is 11.2. The Labute approximate surface area is 66.9 Å². The predicted molar refractivity (Wildman–Crippen MR) is 42.6 cm³/mol. The van der Waals surface area contributed by atoms with Gasteiger partial charge in [0, 0.05) is 33.1 Å². The third-order valence-corrected chi connectivity index (χ3v) is 1.91. The van der Waals surface area contributed by atoms with Gasteiger partial charge in [0.1, 0.15) is 0 Å². The SMILES string of the molecule is CN1CCCC(=O)N1CCN. The molecule has 64 valence electrons. The molecule has 0 aromatic heterocycles. The van der Waals surface area contributed by atoms with E-state index in [9.17, 15) is 4.79 Å². The Morgan fingerprint density at radius 3 is 2.91 bits per heavy atom. The maximum atomic E-state index is 11.2. The lowest BCUT2D eigenvalue weighted by atomic mass is 10.2. The van der Waals surface area contributed by atoms with Gasteiger partial charge in [0.05, 0.1) is 0 Å². The Bertz CT molecular complexity index is 149. The van der Waals surface area contributed by atoms with Crippen LogP contribution in [0.3, 0.4) is 0 Å². The average Bonchev–Trinajstić information content (AvgIpc) is 1.97. The van der Waals surface area contributed by atoms with Crippen molar-refractivity contribution >= 4 is 5.91 Å². The Hall–Kier alpha value is -0.610. The second-order valence-corrected chi connectivity index (χ2v) is 2.79. The Morgan fingerprint density at radius 1 is 1.64 bits per heavy atom. The molecular formula is C7H15N3O. The number of hydrogen-bond acceptors (Lipinski definition) is 3. The van der Waals surface area contributed by atoms with Crippen molar-refractivity contribution in [3.8, 4) is 0 Å². The molecule has 1 saturated heterocycles. The van der Waals surface area contributed by atoms with Gasteiger partial charge >= 0.3 is 0 Å². The highest BCUT2D eigenvalue weighted by Gasteiger charge is 2.21. The van der Waals surface area contributed by atoms with Gasteiger partial charge in [-0.1, -0.05) is 0 Å². The molecule has 1 fully saturated rings. The van der Waals surface area contributed by atoms with Gasteiger partial charge < -0.3 is 5.73 Å². The van der Waals surface area contributed by atoms with E-state index in [1.807, 2.05) is 12.1 Å². The molecule has 4 heteroatoms. The van der Waals surface area contributed by atoms with Crippen LogP contribution in [-0.2, 0) is 4.79 Å². The molecule has 4 nitrogen and oxygen atoms in total. The van der Waals surface area contributed by atoms with E-state index in [4.69, 9.17) is 5.73 Å². The van der Waals surface area contributed by atoms with Crippen LogP contribution in [0.5, 0.6) is 0 Å². The van der Waals surface area contributed by atoms with Crippen molar-refractivity contribution in [2.75, 3.05) is 26.7 Å². The minimum atomic E-state index is 0.198. The van der Waals surface area contributed by atoms with E-state index >= 15 is 0 Å². The first kappa shape index (κ1) is 8.49. The molecule has 2 N–H and O–H groups in total. The summed E-state index contributed by atoms with van der Waals surface area (Å²) in [7, 11) is 1.92. The normalized spacial score (nSPS) is 20.9. The van der Waals surface area contributed by atoms with Crippen LogP contribution < -0.4 is 5.73 Å². The molecule has 1 aliphatic heterocycles. The fraction of sp³-hybridized carbons (Fsp3) is 0.857. The van der Waals surface area contributed by atoms with Crippen LogP contribution >= 0.6 is 0 Å². The summed E-state index contributed by atoms with van der Waals surface area (Å²) in [5.74, 6) is 0.198. The van der Waals surface area contributed by atoms with Crippen molar-refractivity contribution in [1.82, 2.24) is 10.0 Å². The summed E-state index contributed by atoms with van der Waals surface area (Å²) in [6, 6.07) is 0. The first-order valence-corrected chi connectivity index (χ1v) is 3.97. The number of rotatable bonds is 2. The minimum Gasteiger partial charge on any atom is -0.329 e. The number of carbonyl (C=O) groups is 1. The lowest BCUT2D eigenvalue weighted by Crippen LogP contribution is -2.50. The summed E-state index contributed by atoms with van der Waals surface area (Å²) < 4.78 is 0. The number of hydrogen-bond donors (Lipinski definition) is 1. The topological polar surface area (TPSA) is 49.6 Å². The zero-order chi connectivity index (χ0) is 8.27. The quantitative estimate of drug-likeness (QED) is 0.583. The van der Waals surface area contributed by atoms with E-state index in [1.165, 1.54) is 0 Å². The molecule has 11 heavy (non-hydrogen) atoms. The van der Waals surface area contributed by atoms with E-state index in [1.54, 1.807) is 5.01 Å². The second kappa shape index (κ2) is 3.69. The summed E-state index contributed by atoms with van der Waals surface area (Å²) in [5, 5.41) is 3.67.